The van der Waals surface area contributed by atoms with Gasteiger partial charge >= 0.3 is 0 Å². The van der Waals surface area contributed by atoms with Crippen molar-refractivity contribution in [3.63, 3.8) is 0 Å². The minimum Gasteiger partial charge on any atom is -0.484 e. The summed E-state index contributed by atoms with van der Waals surface area (Å²) in [5, 5.41) is 4.80. The van der Waals surface area contributed by atoms with Crippen LogP contribution in [0.4, 0.5) is 0 Å². The number of aromatic nitrogens is 4. The molecule has 0 unspecified atom stereocenters. The summed E-state index contributed by atoms with van der Waals surface area (Å²) in [6, 6.07) is 7.40. The highest BCUT2D eigenvalue weighted by atomic mass is 32.1. The number of rotatable bonds is 5. The molecule has 0 aliphatic heterocycles. The topological polar surface area (TPSA) is 83.2 Å². The molecule has 4 aromatic rings. The van der Waals surface area contributed by atoms with Crippen molar-refractivity contribution in [2.75, 3.05) is 0 Å². The van der Waals surface area contributed by atoms with Crippen LogP contribution in [0.1, 0.15) is 28.6 Å². The van der Waals surface area contributed by atoms with Crippen LogP contribution in [0.2, 0.25) is 0 Å². The number of fused-ring (bicyclic) bond motifs is 3. The van der Waals surface area contributed by atoms with Crippen molar-refractivity contribution in [2.45, 2.75) is 32.8 Å². The molecule has 7 nitrogen and oxygen atoms in total. The minimum atomic E-state index is 0.231. The maximum atomic E-state index is 6.06. The van der Waals surface area contributed by atoms with Gasteiger partial charge in [-0.25, -0.2) is 9.97 Å². The molecule has 1 aromatic carbocycles. The number of hydrogen-bond donors (Lipinski definition) is 0. The molecular weight excluding hydrogens is 364 g/mol. The van der Waals surface area contributed by atoms with E-state index in [1.807, 2.05) is 24.3 Å². The van der Waals surface area contributed by atoms with E-state index in [4.69, 9.17) is 14.0 Å². The van der Waals surface area contributed by atoms with Crippen LogP contribution in [-0.2, 0) is 19.4 Å². The fourth-order valence-corrected chi connectivity index (χ4v) is 4.46. The Labute approximate surface area is 159 Å². The Morgan fingerprint density at radius 2 is 1.96 bits per heavy atom. The molecule has 0 saturated heterocycles. The molecule has 3 heterocycles. The summed E-state index contributed by atoms with van der Waals surface area (Å²) in [5.74, 6) is 3.06. The van der Waals surface area contributed by atoms with Crippen LogP contribution < -0.4 is 9.47 Å². The van der Waals surface area contributed by atoms with E-state index in [0.717, 1.165) is 23.1 Å². The van der Waals surface area contributed by atoms with Gasteiger partial charge in [-0.1, -0.05) is 5.16 Å². The zero-order valence-electron chi connectivity index (χ0n) is 14.6. The molecule has 0 spiro atoms. The zero-order valence-corrected chi connectivity index (χ0v) is 15.5. The summed E-state index contributed by atoms with van der Waals surface area (Å²) in [5.41, 5.74) is 1.35. The van der Waals surface area contributed by atoms with E-state index in [2.05, 4.69) is 20.1 Å². The molecule has 8 heteroatoms. The van der Waals surface area contributed by atoms with E-state index in [-0.39, 0.29) is 6.61 Å². The first-order valence-corrected chi connectivity index (χ1v) is 9.53. The Balaban J connectivity index is 1.33. The molecule has 0 radical (unpaired) electrons. The molecule has 0 saturated carbocycles. The van der Waals surface area contributed by atoms with Crippen molar-refractivity contribution in [3.05, 3.63) is 52.7 Å². The highest BCUT2D eigenvalue weighted by Gasteiger charge is 2.22. The molecule has 0 fully saturated rings. The van der Waals surface area contributed by atoms with Crippen LogP contribution in [0.15, 0.2) is 35.1 Å². The quantitative estimate of drug-likeness (QED) is 0.512. The largest absolute Gasteiger partial charge is 0.484 e. The Kier molecular flexibility index (Phi) is 3.97. The van der Waals surface area contributed by atoms with E-state index in [1.165, 1.54) is 16.9 Å². The molecule has 27 heavy (non-hydrogen) atoms. The first kappa shape index (κ1) is 16.2. The fraction of sp³-hybridized carbons (Fsp3) is 0.263. The van der Waals surface area contributed by atoms with E-state index >= 15 is 0 Å². The van der Waals surface area contributed by atoms with Crippen molar-refractivity contribution >= 4 is 21.6 Å². The van der Waals surface area contributed by atoms with Gasteiger partial charge in [0.05, 0.1) is 5.39 Å². The van der Waals surface area contributed by atoms with Crippen LogP contribution in [0, 0.1) is 6.92 Å². The van der Waals surface area contributed by atoms with Gasteiger partial charge in [-0.05, 0) is 56.0 Å². The van der Waals surface area contributed by atoms with Crippen molar-refractivity contribution in [3.8, 4) is 17.4 Å². The average Bonchev–Trinajstić information content (AvgIpc) is 3.37. The van der Waals surface area contributed by atoms with E-state index in [9.17, 15) is 0 Å². The third-order valence-corrected chi connectivity index (χ3v) is 5.64. The van der Waals surface area contributed by atoms with Crippen molar-refractivity contribution in [1.82, 2.24) is 20.1 Å². The molecule has 1 aliphatic rings. The summed E-state index contributed by atoms with van der Waals surface area (Å²) in [6.07, 6.45) is 4.95. The third kappa shape index (κ3) is 3.12. The van der Waals surface area contributed by atoms with Gasteiger partial charge in [0.15, 0.2) is 12.4 Å². The van der Waals surface area contributed by atoms with Crippen LogP contribution >= 0.6 is 11.3 Å². The maximum Gasteiger partial charge on any atom is 0.264 e. The average molecular weight is 380 g/mol. The Bertz CT molecular complexity index is 1100. The molecular formula is C19H16N4O3S. The standard InChI is InChI=1S/C19H16N4O3S/c1-11-22-16(26-23-11)9-24-12-5-7-13(8-6-12)25-18-17-14-3-2-4-15(14)27-19(17)21-10-20-18/h5-8,10H,2-4,9H2,1H3. The lowest BCUT2D eigenvalue weighted by atomic mass is 10.2. The van der Waals surface area contributed by atoms with Crippen LogP contribution in [-0.4, -0.2) is 20.1 Å². The summed E-state index contributed by atoms with van der Waals surface area (Å²) in [4.78, 5) is 15.3. The summed E-state index contributed by atoms with van der Waals surface area (Å²) in [6.45, 7) is 2.00. The number of nitrogens with zero attached hydrogens (tertiary/aromatic N) is 4. The number of aryl methyl sites for hydroxylation is 3. The van der Waals surface area contributed by atoms with Crippen LogP contribution in [0.5, 0.6) is 17.4 Å². The molecule has 1 aliphatic carbocycles. The first-order chi connectivity index (χ1) is 13.3. The van der Waals surface area contributed by atoms with Gasteiger partial charge in [-0.2, -0.15) is 4.98 Å². The number of thiophene rings is 1. The summed E-state index contributed by atoms with van der Waals surface area (Å²) in [7, 11) is 0. The number of hydrogen-bond acceptors (Lipinski definition) is 8. The van der Waals surface area contributed by atoms with Gasteiger partial charge in [-0.15, -0.1) is 11.3 Å². The molecule has 0 N–H and O–H groups in total. The summed E-state index contributed by atoms with van der Waals surface area (Å²) < 4.78 is 16.7. The van der Waals surface area contributed by atoms with Gasteiger partial charge < -0.3 is 14.0 Å². The smallest absolute Gasteiger partial charge is 0.264 e. The van der Waals surface area contributed by atoms with Crippen molar-refractivity contribution < 1.29 is 14.0 Å². The van der Waals surface area contributed by atoms with E-state index < -0.39 is 0 Å². The Morgan fingerprint density at radius 3 is 2.78 bits per heavy atom. The Hall–Kier alpha value is -3.00. The van der Waals surface area contributed by atoms with Crippen LogP contribution in [0.3, 0.4) is 0 Å². The van der Waals surface area contributed by atoms with E-state index in [0.29, 0.717) is 29.1 Å². The number of benzene rings is 1. The lowest BCUT2D eigenvalue weighted by molar-refractivity contribution is 0.242. The lowest BCUT2D eigenvalue weighted by Crippen LogP contribution is -1.96. The molecule has 3 aromatic heterocycles. The predicted octanol–water partition coefficient (Wildman–Crippen LogP) is 4.24. The maximum absolute atomic E-state index is 6.06. The molecule has 0 amide bonds. The second-order valence-electron chi connectivity index (χ2n) is 6.31. The van der Waals surface area contributed by atoms with Gasteiger partial charge in [0.25, 0.3) is 5.89 Å². The first-order valence-electron chi connectivity index (χ1n) is 8.71. The molecule has 0 bridgehead atoms. The SMILES string of the molecule is Cc1noc(COc2ccc(Oc3ncnc4sc5c(c34)CCC5)cc2)n1. The highest BCUT2D eigenvalue weighted by molar-refractivity contribution is 7.18. The number of ether oxygens (including phenoxy) is 2. The van der Waals surface area contributed by atoms with Crippen LogP contribution in [0.25, 0.3) is 10.2 Å². The molecule has 5 rings (SSSR count). The Morgan fingerprint density at radius 1 is 1.11 bits per heavy atom. The van der Waals surface area contributed by atoms with Gasteiger partial charge in [0, 0.05) is 4.88 Å². The normalized spacial score (nSPS) is 13.1. The lowest BCUT2D eigenvalue weighted by Gasteiger charge is -2.08. The minimum absolute atomic E-state index is 0.231. The molecule has 136 valence electrons. The molecule has 0 atom stereocenters. The predicted molar refractivity (Wildman–Crippen MR) is 99.3 cm³/mol. The van der Waals surface area contributed by atoms with Gasteiger partial charge in [-0.3, -0.25) is 0 Å². The van der Waals surface area contributed by atoms with E-state index in [1.54, 1.807) is 24.6 Å². The van der Waals surface area contributed by atoms with Crippen molar-refractivity contribution in [1.29, 1.82) is 0 Å². The monoisotopic (exact) mass is 380 g/mol. The van der Waals surface area contributed by atoms with Crippen molar-refractivity contribution in [2.24, 2.45) is 0 Å². The van der Waals surface area contributed by atoms with Gasteiger partial charge in [0.2, 0.25) is 5.88 Å². The second kappa shape index (κ2) is 6.62. The van der Waals surface area contributed by atoms with Gasteiger partial charge in [0.1, 0.15) is 22.7 Å². The summed E-state index contributed by atoms with van der Waals surface area (Å²) >= 11 is 1.75. The highest BCUT2D eigenvalue weighted by Crippen LogP contribution is 2.41. The second-order valence-corrected chi connectivity index (χ2v) is 7.40. The fourth-order valence-electron chi connectivity index (χ4n) is 3.24. The zero-order chi connectivity index (χ0) is 18.2. The third-order valence-electron chi connectivity index (χ3n) is 4.44.